The van der Waals surface area contributed by atoms with Crippen molar-refractivity contribution in [2.45, 2.75) is 108 Å². The van der Waals surface area contributed by atoms with Crippen molar-refractivity contribution in [3.63, 3.8) is 0 Å². The minimum Gasteiger partial charge on any atom is -0.507 e. The summed E-state index contributed by atoms with van der Waals surface area (Å²) in [4.78, 5) is 13.0. The molecule has 8 nitrogen and oxygen atoms in total. The molecule has 2 heterocycles. The first-order valence-electron chi connectivity index (χ1n) is 12.4. The van der Waals surface area contributed by atoms with Gasteiger partial charge in [-0.1, -0.05) is 27.2 Å². The zero-order chi connectivity index (χ0) is 24.4. The number of nitrogens with zero attached hydrogens (tertiary/aromatic N) is 1. The quantitative estimate of drug-likeness (QED) is 0.395. The van der Waals surface area contributed by atoms with Gasteiger partial charge < -0.3 is 34.8 Å². The molecule has 1 aromatic heterocycles. The minimum absolute atomic E-state index is 0.00204. The van der Waals surface area contributed by atoms with Crippen molar-refractivity contribution >= 4 is 0 Å². The third-order valence-electron chi connectivity index (χ3n) is 7.71. The van der Waals surface area contributed by atoms with Crippen LogP contribution in [-0.2, 0) is 11.8 Å². The van der Waals surface area contributed by atoms with E-state index in [-0.39, 0.29) is 23.0 Å². The number of aromatic nitrogens is 1. The van der Waals surface area contributed by atoms with Crippen LogP contribution in [0.3, 0.4) is 0 Å². The van der Waals surface area contributed by atoms with Gasteiger partial charge in [-0.3, -0.25) is 4.79 Å². The molecule has 0 bridgehead atoms. The zero-order valence-electron chi connectivity index (χ0n) is 20.2. The van der Waals surface area contributed by atoms with Crippen LogP contribution in [0, 0.1) is 11.8 Å². The number of rotatable bonds is 8. The number of aliphatic hydroxyl groups excluding tert-OH is 4. The van der Waals surface area contributed by atoms with Gasteiger partial charge in [0.1, 0.15) is 18.0 Å². The molecule has 2 aliphatic rings. The van der Waals surface area contributed by atoms with Gasteiger partial charge >= 0.3 is 0 Å². The molecule has 0 radical (unpaired) electrons. The van der Waals surface area contributed by atoms with Crippen molar-refractivity contribution in [3.8, 4) is 5.75 Å². The molecule has 1 saturated carbocycles. The Hall–Kier alpha value is -1.45. The minimum atomic E-state index is -1.54. The van der Waals surface area contributed by atoms with Gasteiger partial charge in [0.25, 0.3) is 5.56 Å². The lowest BCUT2D eigenvalue weighted by atomic mass is 9.88. The summed E-state index contributed by atoms with van der Waals surface area (Å²) < 4.78 is 7.58. The molecule has 2 fully saturated rings. The fourth-order valence-corrected chi connectivity index (χ4v) is 5.47. The first-order chi connectivity index (χ1) is 15.6. The summed E-state index contributed by atoms with van der Waals surface area (Å²) in [6.07, 6.45) is 1.39. The van der Waals surface area contributed by atoms with Crippen molar-refractivity contribution < 1.29 is 30.3 Å². The van der Waals surface area contributed by atoms with Gasteiger partial charge in [0.05, 0.1) is 30.0 Å². The monoisotopic (exact) mass is 467 g/mol. The van der Waals surface area contributed by atoms with E-state index in [9.17, 15) is 30.3 Å². The Morgan fingerprint density at radius 3 is 2.30 bits per heavy atom. The van der Waals surface area contributed by atoms with E-state index in [0.717, 1.165) is 25.7 Å². The van der Waals surface area contributed by atoms with Crippen LogP contribution in [0.15, 0.2) is 11.0 Å². The number of aryl methyl sites for hydroxylation is 1. The standard InChI is InChI=1S/C25H41NO7/c1-5-13(2)11-14(3)9-10-15-7-6-8-17(33-15)19-20(27)16(12-26(4)25(19)32)18-21(28)23(30)24(31)22(18)29/h12-15,17-18,21-24,27-31H,5-11H2,1-4H3/t13-,14+,15+,17-,18?,21-,22+,23-,24+/m1/s1. The molecule has 8 heteroatoms. The van der Waals surface area contributed by atoms with E-state index in [1.807, 2.05) is 0 Å². The van der Waals surface area contributed by atoms with Crippen LogP contribution in [0.1, 0.15) is 88.9 Å². The molecule has 1 aliphatic heterocycles. The molecule has 5 N–H and O–H groups in total. The molecule has 1 unspecified atom stereocenters. The molecule has 3 rings (SSSR count). The normalized spacial score (nSPS) is 34.4. The summed E-state index contributed by atoms with van der Waals surface area (Å²) >= 11 is 0. The highest BCUT2D eigenvalue weighted by atomic mass is 16.5. The van der Waals surface area contributed by atoms with Crippen molar-refractivity contribution in [1.29, 1.82) is 0 Å². The second kappa shape index (κ2) is 10.9. The number of hydrogen-bond acceptors (Lipinski definition) is 7. The molecule has 1 aromatic rings. The van der Waals surface area contributed by atoms with Gasteiger partial charge in [-0.25, -0.2) is 0 Å². The van der Waals surface area contributed by atoms with Gasteiger partial charge in [0, 0.05) is 24.7 Å². The van der Waals surface area contributed by atoms with Crippen molar-refractivity contribution in [2.24, 2.45) is 18.9 Å². The average molecular weight is 468 g/mol. The largest absolute Gasteiger partial charge is 0.507 e. The Morgan fingerprint density at radius 2 is 1.70 bits per heavy atom. The lowest BCUT2D eigenvalue weighted by Crippen LogP contribution is -2.32. The van der Waals surface area contributed by atoms with E-state index in [1.165, 1.54) is 30.7 Å². The van der Waals surface area contributed by atoms with Crippen molar-refractivity contribution in [1.82, 2.24) is 4.57 Å². The maximum Gasteiger partial charge on any atom is 0.259 e. The Bertz CT molecular complexity index is 842. The van der Waals surface area contributed by atoms with E-state index >= 15 is 0 Å². The highest BCUT2D eigenvalue weighted by Crippen LogP contribution is 2.43. The second-order valence-electron chi connectivity index (χ2n) is 10.4. The van der Waals surface area contributed by atoms with Crippen LogP contribution in [0.2, 0.25) is 0 Å². The number of ether oxygens (including phenoxy) is 1. The van der Waals surface area contributed by atoms with Crippen LogP contribution in [0.25, 0.3) is 0 Å². The molecular formula is C25H41NO7. The van der Waals surface area contributed by atoms with E-state index in [2.05, 4.69) is 20.8 Å². The second-order valence-corrected chi connectivity index (χ2v) is 10.4. The maximum absolute atomic E-state index is 13.0. The molecular weight excluding hydrogens is 426 g/mol. The Labute approximate surface area is 195 Å². The topological polar surface area (TPSA) is 132 Å². The molecule has 1 aliphatic carbocycles. The summed E-state index contributed by atoms with van der Waals surface area (Å²) in [5.74, 6) is -0.169. The average Bonchev–Trinajstić information content (AvgIpc) is 2.98. The van der Waals surface area contributed by atoms with Crippen molar-refractivity contribution in [3.05, 3.63) is 27.7 Å². The highest BCUT2D eigenvalue weighted by molar-refractivity contribution is 5.44. The first kappa shape index (κ1) is 26.2. The van der Waals surface area contributed by atoms with Gasteiger partial charge in [-0.15, -0.1) is 0 Å². The van der Waals surface area contributed by atoms with E-state index in [0.29, 0.717) is 18.3 Å². The molecule has 0 amide bonds. The SMILES string of the molecule is CC[C@@H](C)C[C@@H](C)CC[C@@H]1CCC[C@H](c2c(O)c(C3[C@@H](O)[C@@H](O)[C@@H](O)[C@H]3O)cn(C)c2=O)O1. The lowest BCUT2D eigenvalue weighted by Gasteiger charge is -2.32. The molecule has 0 aromatic carbocycles. The third kappa shape index (κ3) is 5.46. The van der Waals surface area contributed by atoms with Crippen molar-refractivity contribution in [2.75, 3.05) is 0 Å². The summed E-state index contributed by atoms with van der Waals surface area (Å²) in [5, 5.41) is 51.8. The van der Waals surface area contributed by atoms with E-state index in [1.54, 1.807) is 0 Å². The van der Waals surface area contributed by atoms with E-state index < -0.39 is 42.0 Å². The highest BCUT2D eigenvalue weighted by Gasteiger charge is 2.50. The fraction of sp³-hybridized carbons (Fsp3) is 0.800. The van der Waals surface area contributed by atoms with Gasteiger partial charge in [0.15, 0.2) is 0 Å². The number of pyridine rings is 1. The Morgan fingerprint density at radius 1 is 1.06 bits per heavy atom. The lowest BCUT2D eigenvalue weighted by molar-refractivity contribution is -0.0589. The Kier molecular flexibility index (Phi) is 8.61. The first-order valence-corrected chi connectivity index (χ1v) is 12.4. The zero-order valence-corrected chi connectivity index (χ0v) is 20.2. The summed E-state index contributed by atoms with van der Waals surface area (Å²) in [6.45, 7) is 6.74. The molecule has 9 atom stereocenters. The summed E-state index contributed by atoms with van der Waals surface area (Å²) in [6, 6.07) is 0. The predicted octanol–water partition coefficient (Wildman–Crippen LogP) is 2.09. The van der Waals surface area contributed by atoms with Crippen LogP contribution in [-0.4, -0.2) is 60.6 Å². The number of aliphatic hydroxyl groups is 4. The number of aromatic hydroxyl groups is 1. The van der Waals surface area contributed by atoms with Crippen LogP contribution in [0.4, 0.5) is 0 Å². The van der Waals surface area contributed by atoms with Crippen LogP contribution >= 0.6 is 0 Å². The van der Waals surface area contributed by atoms with Crippen LogP contribution < -0.4 is 5.56 Å². The Balaban J connectivity index is 1.81. The maximum atomic E-state index is 13.0. The summed E-state index contributed by atoms with van der Waals surface area (Å²) in [5.41, 5.74) is -0.159. The molecule has 188 valence electrons. The van der Waals surface area contributed by atoms with Gasteiger partial charge in [-0.05, 0) is 50.4 Å². The molecule has 0 spiro atoms. The van der Waals surface area contributed by atoms with Gasteiger partial charge in [0.2, 0.25) is 0 Å². The van der Waals surface area contributed by atoms with Crippen LogP contribution in [0.5, 0.6) is 5.75 Å². The van der Waals surface area contributed by atoms with Gasteiger partial charge in [-0.2, -0.15) is 0 Å². The fourth-order valence-electron chi connectivity index (χ4n) is 5.47. The molecule has 1 saturated heterocycles. The summed E-state index contributed by atoms with van der Waals surface area (Å²) in [7, 11) is 1.53. The smallest absolute Gasteiger partial charge is 0.259 e. The van der Waals surface area contributed by atoms with E-state index in [4.69, 9.17) is 4.74 Å². The number of hydrogen-bond donors (Lipinski definition) is 5. The predicted molar refractivity (Wildman–Crippen MR) is 124 cm³/mol. The molecule has 33 heavy (non-hydrogen) atoms. The third-order valence-corrected chi connectivity index (χ3v) is 7.71.